The fourth-order valence-electron chi connectivity index (χ4n) is 1.16. The molecule has 0 aromatic heterocycles. The number of carboxylic acids is 2. The van der Waals surface area contributed by atoms with Gasteiger partial charge in [0.2, 0.25) is 6.10 Å². The van der Waals surface area contributed by atoms with Crippen LogP contribution in [0.25, 0.3) is 0 Å². The second kappa shape index (κ2) is 8.25. The first-order chi connectivity index (χ1) is 8.81. The average molecular weight is 371 g/mol. The zero-order chi connectivity index (χ0) is 14.6. The summed E-state index contributed by atoms with van der Waals surface area (Å²) in [5.74, 6) is -2.45. The third kappa shape index (κ3) is 5.49. The molecule has 0 bridgehead atoms. The summed E-state index contributed by atoms with van der Waals surface area (Å²) in [7, 11) is 0. The van der Waals surface area contributed by atoms with E-state index in [0.717, 1.165) is 6.08 Å². The van der Waals surface area contributed by atoms with Crippen molar-refractivity contribution in [3.63, 3.8) is 0 Å². The van der Waals surface area contributed by atoms with Crippen molar-refractivity contribution in [1.29, 1.82) is 0 Å². The molecule has 20 heavy (non-hydrogen) atoms. The maximum absolute atomic E-state index is 11.0. The monoisotopic (exact) mass is 368 g/mol. The van der Waals surface area contributed by atoms with E-state index in [1.165, 1.54) is 25.1 Å². The van der Waals surface area contributed by atoms with Gasteiger partial charge in [-0.2, -0.15) is 0 Å². The summed E-state index contributed by atoms with van der Waals surface area (Å²) in [6.45, 7) is 1.27. The van der Waals surface area contributed by atoms with Crippen molar-refractivity contribution in [2.24, 2.45) is 0 Å². The molecule has 104 valence electrons. The molecular formula is C12H10Cl2O5Zn. The molecule has 5 nitrogen and oxygen atoms in total. The van der Waals surface area contributed by atoms with Crippen LogP contribution in [0.4, 0.5) is 0 Å². The van der Waals surface area contributed by atoms with Gasteiger partial charge in [-0.1, -0.05) is 23.2 Å². The topological polar surface area (TPSA) is 83.8 Å². The number of hydrogen-bond donors (Lipinski definition) is 2. The Morgan fingerprint density at radius 3 is 2.35 bits per heavy atom. The van der Waals surface area contributed by atoms with E-state index in [0.29, 0.717) is 5.02 Å². The Morgan fingerprint density at radius 2 is 1.90 bits per heavy atom. The van der Waals surface area contributed by atoms with Crippen LogP contribution in [-0.2, 0) is 29.1 Å². The van der Waals surface area contributed by atoms with Gasteiger partial charge in [-0.3, -0.25) is 0 Å². The SMILES string of the molecule is CC(=CC(Oc1ccc(Cl)cc1Cl)C(=O)O)C(=O)O.[Zn]. The first kappa shape index (κ1) is 18.9. The van der Waals surface area contributed by atoms with Crippen LogP contribution in [-0.4, -0.2) is 28.3 Å². The van der Waals surface area contributed by atoms with Gasteiger partial charge in [0.15, 0.2) is 0 Å². The van der Waals surface area contributed by atoms with Crippen LogP contribution in [0.3, 0.4) is 0 Å². The molecule has 1 aromatic rings. The third-order valence-electron chi connectivity index (χ3n) is 2.13. The van der Waals surface area contributed by atoms with Crippen molar-refractivity contribution in [3.8, 4) is 5.75 Å². The Kier molecular flexibility index (Phi) is 7.80. The van der Waals surface area contributed by atoms with Crippen LogP contribution in [0.15, 0.2) is 29.8 Å². The molecule has 0 heterocycles. The molecule has 1 atom stereocenters. The second-order valence-electron chi connectivity index (χ2n) is 3.61. The van der Waals surface area contributed by atoms with Crippen LogP contribution in [0.1, 0.15) is 6.92 Å². The zero-order valence-corrected chi connectivity index (χ0v) is 14.9. The molecule has 1 aromatic carbocycles. The van der Waals surface area contributed by atoms with Gasteiger partial charge < -0.3 is 14.9 Å². The number of carboxylic acid groups (broad SMARTS) is 2. The van der Waals surface area contributed by atoms with Gasteiger partial charge in [-0.05, 0) is 31.2 Å². The summed E-state index contributed by atoms with van der Waals surface area (Å²) >= 11 is 11.5. The smallest absolute Gasteiger partial charge is 0.349 e. The Labute approximate surface area is 137 Å². The van der Waals surface area contributed by atoms with E-state index in [4.69, 9.17) is 38.2 Å². The van der Waals surface area contributed by atoms with Crippen molar-refractivity contribution in [3.05, 3.63) is 39.9 Å². The molecule has 2 N–H and O–H groups in total. The van der Waals surface area contributed by atoms with Gasteiger partial charge in [-0.15, -0.1) is 0 Å². The van der Waals surface area contributed by atoms with E-state index in [1.807, 2.05) is 0 Å². The van der Waals surface area contributed by atoms with Crippen molar-refractivity contribution in [2.45, 2.75) is 13.0 Å². The summed E-state index contributed by atoms with van der Waals surface area (Å²) < 4.78 is 5.15. The predicted molar refractivity (Wildman–Crippen MR) is 69.9 cm³/mol. The molecular weight excluding hydrogens is 360 g/mol. The molecule has 0 saturated heterocycles. The summed E-state index contributed by atoms with van der Waals surface area (Å²) in [5, 5.41) is 18.2. The fraction of sp³-hybridized carbons (Fsp3) is 0.167. The Hall–Kier alpha value is -1.10. The summed E-state index contributed by atoms with van der Waals surface area (Å²) in [6, 6.07) is 4.28. The molecule has 0 fully saturated rings. The van der Waals surface area contributed by atoms with E-state index in [2.05, 4.69) is 0 Å². The number of rotatable bonds is 5. The Balaban J connectivity index is 0.00000361. The van der Waals surface area contributed by atoms with Gasteiger partial charge in [-0.25, -0.2) is 9.59 Å². The quantitative estimate of drug-likeness (QED) is 0.615. The minimum atomic E-state index is -1.45. The van der Waals surface area contributed by atoms with Gasteiger partial charge in [0, 0.05) is 30.1 Å². The van der Waals surface area contributed by atoms with Crippen molar-refractivity contribution >= 4 is 35.1 Å². The van der Waals surface area contributed by atoms with E-state index < -0.39 is 18.0 Å². The zero-order valence-electron chi connectivity index (χ0n) is 10.5. The maximum atomic E-state index is 11.0. The van der Waals surface area contributed by atoms with E-state index in [9.17, 15) is 9.59 Å². The van der Waals surface area contributed by atoms with E-state index in [1.54, 1.807) is 0 Å². The summed E-state index contributed by atoms with van der Waals surface area (Å²) in [4.78, 5) is 21.7. The Bertz CT molecular complexity index is 545. The number of hydrogen-bond acceptors (Lipinski definition) is 3. The molecule has 1 unspecified atom stereocenters. The third-order valence-corrected chi connectivity index (χ3v) is 2.66. The number of halogens is 2. The number of ether oxygens (including phenoxy) is 1. The van der Waals surface area contributed by atoms with Gasteiger partial charge >= 0.3 is 11.9 Å². The minimum absolute atomic E-state index is 0. The molecule has 1 rings (SSSR count). The molecule has 0 aliphatic heterocycles. The predicted octanol–water partition coefficient (Wildman–Crippen LogP) is 2.85. The van der Waals surface area contributed by atoms with Crippen LogP contribution < -0.4 is 4.74 Å². The maximum Gasteiger partial charge on any atom is 0.349 e. The number of aliphatic carboxylic acids is 2. The molecule has 0 saturated carbocycles. The second-order valence-corrected chi connectivity index (χ2v) is 4.45. The van der Waals surface area contributed by atoms with Crippen LogP contribution >= 0.6 is 23.2 Å². The first-order valence-electron chi connectivity index (χ1n) is 5.07. The fourth-order valence-corrected chi connectivity index (χ4v) is 1.61. The van der Waals surface area contributed by atoms with E-state index >= 15 is 0 Å². The van der Waals surface area contributed by atoms with E-state index in [-0.39, 0.29) is 35.8 Å². The molecule has 0 aliphatic carbocycles. The van der Waals surface area contributed by atoms with Crippen LogP contribution in [0, 0.1) is 0 Å². The standard InChI is InChI=1S/C12H10Cl2O5.Zn/c1-6(11(15)16)4-10(12(17)18)19-9-3-2-7(13)5-8(9)14;/h2-5,10H,1H3,(H,15,16)(H,17,18);. The van der Waals surface area contributed by atoms with Gasteiger partial charge in [0.25, 0.3) is 0 Å². The number of benzene rings is 1. The van der Waals surface area contributed by atoms with Gasteiger partial charge in [0.1, 0.15) is 5.75 Å². The summed E-state index contributed by atoms with van der Waals surface area (Å²) in [6.07, 6.45) is -0.468. The first-order valence-corrected chi connectivity index (χ1v) is 5.83. The van der Waals surface area contributed by atoms with Crippen molar-refractivity contribution in [2.75, 3.05) is 0 Å². The molecule has 0 radical (unpaired) electrons. The molecule has 0 amide bonds. The summed E-state index contributed by atoms with van der Waals surface area (Å²) in [5.41, 5.74) is -0.141. The normalized spacial score (nSPS) is 12.2. The average Bonchev–Trinajstić information content (AvgIpc) is 2.30. The largest absolute Gasteiger partial charge is 0.478 e. The van der Waals surface area contributed by atoms with Crippen molar-refractivity contribution in [1.82, 2.24) is 0 Å². The van der Waals surface area contributed by atoms with Crippen molar-refractivity contribution < 1.29 is 44.0 Å². The Morgan fingerprint density at radius 1 is 1.30 bits per heavy atom. The van der Waals surface area contributed by atoms with Gasteiger partial charge in [0.05, 0.1) is 5.02 Å². The van der Waals surface area contributed by atoms with Crippen LogP contribution in [0.5, 0.6) is 5.75 Å². The molecule has 0 aliphatic rings. The minimum Gasteiger partial charge on any atom is -0.478 e. The molecule has 0 spiro atoms. The number of carbonyl (C=O) groups is 2. The van der Waals surface area contributed by atoms with Crippen LogP contribution in [0.2, 0.25) is 10.0 Å². The molecule has 8 heteroatoms.